The highest BCUT2D eigenvalue weighted by molar-refractivity contribution is 5.04. The van der Waals surface area contributed by atoms with Crippen LogP contribution in [-0.4, -0.2) is 38.0 Å². The number of nitriles is 1. The average molecular weight is 254 g/mol. The van der Waals surface area contributed by atoms with E-state index >= 15 is 0 Å². The van der Waals surface area contributed by atoms with Crippen molar-refractivity contribution in [2.24, 2.45) is 5.92 Å². The molecule has 0 spiro atoms. The first-order chi connectivity index (χ1) is 8.59. The van der Waals surface area contributed by atoms with Gasteiger partial charge in [-0.3, -0.25) is 5.32 Å². The van der Waals surface area contributed by atoms with Crippen molar-refractivity contribution in [2.45, 2.75) is 51.7 Å². The quantitative estimate of drug-likeness (QED) is 0.720. The molecule has 18 heavy (non-hydrogen) atoms. The standard InChI is InChI=1S/C14H26N2O2/c1-4-6-16-14(3,11-15)8-12(2)18-10-13-5-7-17-9-13/h12-13,16H,4-10H2,1-3H3. The van der Waals surface area contributed by atoms with Crippen LogP contribution in [0.25, 0.3) is 0 Å². The van der Waals surface area contributed by atoms with E-state index in [-0.39, 0.29) is 6.10 Å². The summed E-state index contributed by atoms with van der Waals surface area (Å²) in [7, 11) is 0. The number of rotatable bonds is 8. The fraction of sp³-hybridized carbons (Fsp3) is 0.929. The van der Waals surface area contributed by atoms with E-state index in [1.54, 1.807) is 0 Å². The van der Waals surface area contributed by atoms with Crippen LogP contribution in [0.3, 0.4) is 0 Å². The minimum absolute atomic E-state index is 0.0969. The molecule has 3 atom stereocenters. The van der Waals surface area contributed by atoms with Gasteiger partial charge < -0.3 is 9.47 Å². The van der Waals surface area contributed by atoms with Gasteiger partial charge in [0.1, 0.15) is 5.54 Å². The summed E-state index contributed by atoms with van der Waals surface area (Å²) in [4.78, 5) is 0. The van der Waals surface area contributed by atoms with Gasteiger partial charge in [-0.1, -0.05) is 6.92 Å². The summed E-state index contributed by atoms with van der Waals surface area (Å²) in [6, 6.07) is 2.36. The molecule has 0 amide bonds. The van der Waals surface area contributed by atoms with Crippen LogP contribution in [0.5, 0.6) is 0 Å². The Balaban J connectivity index is 2.27. The Hall–Kier alpha value is -0.630. The second-order valence-corrected chi connectivity index (χ2v) is 5.45. The van der Waals surface area contributed by atoms with E-state index in [0.717, 1.165) is 45.6 Å². The highest BCUT2D eigenvalue weighted by Gasteiger charge is 2.26. The number of ether oxygens (including phenoxy) is 2. The summed E-state index contributed by atoms with van der Waals surface area (Å²) in [5.74, 6) is 0.532. The Bertz CT molecular complexity index is 271. The van der Waals surface area contributed by atoms with Gasteiger partial charge in [0.05, 0.1) is 25.4 Å². The third-order valence-electron chi connectivity index (χ3n) is 3.35. The Morgan fingerprint density at radius 3 is 2.94 bits per heavy atom. The lowest BCUT2D eigenvalue weighted by molar-refractivity contribution is 0.0225. The first-order valence-corrected chi connectivity index (χ1v) is 6.95. The zero-order valence-corrected chi connectivity index (χ0v) is 11.9. The number of hydrogen-bond acceptors (Lipinski definition) is 4. The molecule has 0 radical (unpaired) electrons. The average Bonchev–Trinajstić information content (AvgIpc) is 2.87. The van der Waals surface area contributed by atoms with E-state index in [2.05, 4.69) is 18.3 Å². The third kappa shape index (κ3) is 5.34. The molecule has 1 rings (SSSR count). The van der Waals surface area contributed by atoms with Crippen molar-refractivity contribution < 1.29 is 9.47 Å². The zero-order valence-electron chi connectivity index (χ0n) is 11.9. The van der Waals surface area contributed by atoms with Crippen molar-refractivity contribution in [3.63, 3.8) is 0 Å². The smallest absolute Gasteiger partial charge is 0.106 e. The molecule has 1 N–H and O–H groups in total. The second-order valence-electron chi connectivity index (χ2n) is 5.45. The number of nitrogens with one attached hydrogen (secondary N) is 1. The van der Waals surface area contributed by atoms with Gasteiger partial charge in [-0.25, -0.2) is 0 Å². The van der Waals surface area contributed by atoms with Gasteiger partial charge >= 0.3 is 0 Å². The van der Waals surface area contributed by atoms with Crippen LogP contribution in [0.1, 0.15) is 40.0 Å². The van der Waals surface area contributed by atoms with E-state index in [9.17, 15) is 5.26 Å². The van der Waals surface area contributed by atoms with Crippen LogP contribution in [0.4, 0.5) is 0 Å². The normalized spacial score (nSPS) is 24.4. The molecule has 0 saturated carbocycles. The molecule has 1 heterocycles. The molecule has 0 bridgehead atoms. The molecule has 0 aliphatic carbocycles. The molecule has 104 valence electrons. The van der Waals surface area contributed by atoms with Crippen molar-refractivity contribution in [2.75, 3.05) is 26.4 Å². The van der Waals surface area contributed by atoms with Crippen LogP contribution in [0, 0.1) is 17.2 Å². The van der Waals surface area contributed by atoms with Crippen LogP contribution < -0.4 is 5.32 Å². The first kappa shape index (κ1) is 15.4. The SMILES string of the molecule is CCCNC(C)(C#N)CC(C)OCC1CCOC1. The highest BCUT2D eigenvalue weighted by atomic mass is 16.5. The van der Waals surface area contributed by atoms with E-state index in [1.165, 1.54) is 0 Å². The van der Waals surface area contributed by atoms with Gasteiger partial charge in [-0.05, 0) is 33.2 Å². The summed E-state index contributed by atoms with van der Waals surface area (Å²) in [5, 5.41) is 12.5. The maximum absolute atomic E-state index is 9.25. The number of nitrogens with zero attached hydrogens (tertiary/aromatic N) is 1. The largest absolute Gasteiger partial charge is 0.381 e. The van der Waals surface area contributed by atoms with Gasteiger partial charge in [0.25, 0.3) is 0 Å². The lowest BCUT2D eigenvalue weighted by Crippen LogP contribution is -2.44. The van der Waals surface area contributed by atoms with Gasteiger partial charge in [-0.15, -0.1) is 0 Å². The maximum Gasteiger partial charge on any atom is 0.106 e. The predicted octanol–water partition coefficient (Wildman–Crippen LogP) is 2.10. The van der Waals surface area contributed by atoms with Crippen LogP contribution >= 0.6 is 0 Å². The Kier molecular flexibility index (Phi) is 6.62. The molecular weight excluding hydrogens is 228 g/mol. The minimum atomic E-state index is -0.485. The first-order valence-electron chi connectivity index (χ1n) is 6.95. The van der Waals surface area contributed by atoms with Crippen molar-refractivity contribution in [3.05, 3.63) is 0 Å². The van der Waals surface area contributed by atoms with E-state index in [4.69, 9.17) is 9.47 Å². The maximum atomic E-state index is 9.25. The summed E-state index contributed by atoms with van der Waals surface area (Å²) < 4.78 is 11.2. The third-order valence-corrected chi connectivity index (χ3v) is 3.35. The van der Waals surface area contributed by atoms with Crippen molar-refractivity contribution >= 4 is 0 Å². The molecule has 0 aromatic heterocycles. The van der Waals surface area contributed by atoms with E-state index in [1.807, 2.05) is 13.8 Å². The number of hydrogen-bond donors (Lipinski definition) is 1. The Morgan fingerprint density at radius 1 is 1.61 bits per heavy atom. The van der Waals surface area contributed by atoms with Gasteiger partial charge in [0, 0.05) is 18.9 Å². The topological polar surface area (TPSA) is 54.3 Å². The molecule has 3 unspecified atom stereocenters. The lowest BCUT2D eigenvalue weighted by Gasteiger charge is -2.27. The van der Waals surface area contributed by atoms with Crippen LogP contribution in [-0.2, 0) is 9.47 Å². The Labute approximate surface area is 111 Å². The monoisotopic (exact) mass is 254 g/mol. The molecule has 1 aliphatic heterocycles. The van der Waals surface area contributed by atoms with Crippen molar-refractivity contribution in [3.8, 4) is 6.07 Å². The summed E-state index contributed by atoms with van der Waals surface area (Å²) >= 11 is 0. The van der Waals surface area contributed by atoms with Crippen LogP contribution in [0.15, 0.2) is 0 Å². The molecule has 4 nitrogen and oxygen atoms in total. The van der Waals surface area contributed by atoms with Crippen molar-refractivity contribution in [1.82, 2.24) is 5.32 Å². The van der Waals surface area contributed by atoms with Gasteiger partial charge in [-0.2, -0.15) is 5.26 Å². The summed E-state index contributed by atoms with van der Waals surface area (Å²) in [5.41, 5.74) is -0.485. The molecule has 1 saturated heterocycles. The van der Waals surface area contributed by atoms with E-state index in [0.29, 0.717) is 5.92 Å². The second kappa shape index (κ2) is 7.73. The van der Waals surface area contributed by atoms with Gasteiger partial charge in [0.15, 0.2) is 0 Å². The molecule has 1 fully saturated rings. The molecule has 1 aliphatic rings. The molecule has 0 aromatic rings. The van der Waals surface area contributed by atoms with Gasteiger partial charge in [0.2, 0.25) is 0 Å². The summed E-state index contributed by atoms with van der Waals surface area (Å²) in [6.45, 7) is 9.38. The summed E-state index contributed by atoms with van der Waals surface area (Å²) in [6.07, 6.45) is 2.94. The Morgan fingerprint density at radius 2 is 2.39 bits per heavy atom. The fourth-order valence-corrected chi connectivity index (χ4v) is 2.21. The minimum Gasteiger partial charge on any atom is -0.381 e. The van der Waals surface area contributed by atoms with Crippen LogP contribution in [0.2, 0.25) is 0 Å². The van der Waals surface area contributed by atoms with Crippen molar-refractivity contribution in [1.29, 1.82) is 5.26 Å². The van der Waals surface area contributed by atoms with E-state index < -0.39 is 5.54 Å². The highest BCUT2D eigenvalue weighted by Crippen LogP contribution is 2.17. The molecule has 0 aromatic carbocycles. The fourth-order valence-electron chi connectivity index (χ4n) is 2.21. The lowest BCUT2D eigenvalue weighted by atomic mass is 9.96. The molecular formula is C14H26N2O2. The zero-order chi connectivity index (χ0) is 13.4. The predicted molar refractivity (Wildman–Crippen MR) is 71.3 cm³/mol. The molecule has 4 heteroatoms.